The number of halogens is 2. The van der Waals surface area contributed by atoms with Gasteiger partial charge in [-0.2, -0.15) is 0 Å². The van der Waals surface area contributed by atoms with Gasteiger partial charge in [0.1, 0.15) is 5.75 Å². The molecule has 138 valence electrons. The van der Waals surface area contributed by atoms with Gasteiger partial charge in [0.25, 0.3) is 5.91 Å². The molecule has 0 radical (unpaired) electrons. The number of aryl methyl sites for hydroxylation is 1. The molecule has 0 spiro atoms. The molecule has 1 amide bonds. The summed E-state index contributed by atoms with van der Waals surface area (Å²) in [5, 5.41) is 3.38. The van der Waals surface area contributed by atoms with Gasteiger partial charge in [-0.3, -0.25) is 4.79 Å². The first-order valence-electron chi connectivity index (χ1n) is 7.98. The minimum atomic E-state index is -0.396. The van der Waals surface area contributed by atoms with Gasteiger partial charge in [-0.25, -0.2) is 4.79 Å². The maximum atomic E-state index is 12.1. The van der Waals surface area contributed by atoms with Crippen LogP contribution in [0.15, 0.2) is 34.8 Å². The van der Waals surface area contributed by atoms with Crippen LogP contribution in [-0.4, -0.2) is 25.1 Å². The monoisotopic (exact) mass is 439 g/mol. The molecule has 2 rings (SSSR count). The molecule has 0 heterocycles. The van der Waals surface area contributed by atoms with Crippen LogP contribution in [0, 0.1) is 13.8 Å². The van der Waals surface area contributed by atoms with Crippen LogP contribution in [0.1, 0.15) is 28.4 Å². The van der Waals surface area contributed by atoms with Gasteiger partial charge in [0.2, 0.25) is 0 Å². The van der Waals surface area contributed by atoms with Gasteiger partial charge in [-0.1, -0.05) is 11.6 Å². The number of rotatable bonds is 6. The van der Waals surface area contributed by atoms with Crippen molar-refractivity contribution in [2.45, 2.75) is 20.8 Å². The highest BCUT2D eigenvalue weighted by atomic mass is 79.9. The molecule has 5 nitrogen and oxygen atoms in total. The molecule has 0 aromatic heterocycles. The number of ether oxygens (including phenoxy) is 2. The number of nitrogens with one attached hydrogen (secondary N) is 1. The maximum Gasteiger partial charge on any atom is 0.338 e. The Bertz CT molecular complexity index is 821. The van der Waals surface area contributed by atoms with Crippen LogP contribution in [0.3, 0.4) is 0 Å². The summed E-state index contributed by atoms with van der Waals surface area (Å²) in [6, 6.07) is 8.24. The van der Waals surface area contributed by atoms with Crippen molar-refractivity contribution in [2.75, 3.05) is 18.5 Å². The minimum Gasteiger partial charge on any atom is -0.483 e. The Hall–Kier alpha value is -2.05. The molecule has 1 N–H and O–H groups in total. The topological polar surface area (TPSA) is 64.6 Å². The third kappa shape index (κ3) is 4.99. The zero-order valence-electron chi connectivity index (χ0n) is 14.7. The molecule has 0 fully saturated rings. The highest BCUT2D eigenvalue weighted by Crippen LogP contribution is 2.35. The van der Waals surface area contributed by atoms with Crippen LogP contribution in [0.5, 0.6) is 5.75 Å². The van der Waals surface area contributed by atoms with Crippen molar-refractivity contribution in [3.05, 3.63) is 56.5 Å². The molecule has 0 aliphatic heterocycles. The predicted octanol–water partition coefficient (Wildman–Crippen LogP) is 4.91. The van der Waals surface area contributed by atoms with E-state index in [1.807, 2.05) is 13.8 Å². The molecule has 0 aliphatic rings. The van der Waals surface area contributed by atoms with Gasteiger partial charge in [0.15, 0.2) is 6.61 Å². The minimum absolute atomic E-state index is 0.154. The van der Waals surface area contributed by atoms with E-state index < -0.39 is 5.97 Å². The number of hydrogen-bond acceptors (Lipinski definition) is 4. The second kappa shape index (κ2) is 9.05. The number of carbonyl (C=O) groups is 2. The average Bonchev–Trinajstić information content (AvgIpc) is 2.62. The van der Waals surface area contributed by atoms with Crippen molar-refractivity contribution in [1.29, 1.82) is 0 Å². The second-order valence-electron chi connectivity index (χ2n) is 5.58. The Labute approximate surface area is 165 Å². The van der Waals surface area contributed by atoms with Crippen LogP contribution in [-0.2, 0) is 9.53 Å². The van der Waals surface area contributed by atoms with E-state index in [1.165, 1.54) is 0 Å². The first-order valence-corrected chi connectivity index (χ1v) is 9.15. The van der Waals surface area contributed by atoms with Crippen molar-refractivity contribution < 1.29 is 19.1 Å². The molecule has 0 aliphatic carbocycles. The Kier molecular flexibility index (Phi) is 7.06. The number of benzene rings is 2. The molecule has 2 aromatic rings. The van der Waals surface area contributed by atoms with Crippen molar-refractivity contribution in [2.24, 2.45) is 0 Å². The van der Waals surface area contributed by atoms with E-state index >= 15 is 0 Å². The Balaban J connectivity index is 1.96. The van der Waals surface area contributed by atoms with E-state index in [-0.39, 0.29) is 12.5 Å². The van der Waals surface area contributed by atoms with Gasteiger partial charge in [-0.15, -0.1) is 0 Å². The fourth-order valence-corrected chi connectivity index (χ4v) is 2.94. The lowest BCUT2D eigenvalue weighted by atomic mass is 10.1. The molecule has 2 aromatic carbocycles. The summed E-state index contributed by atoms with van der Waals surface area (Å²) in [6.45, 7) is 5.65. The molecule has 0 bridgehead atoms. The van der Waals surface area contributed by atoms with Crippen LogP contribution >= 0.6 is 27.5 Å². The molecular formula is C19H19BrClNO4. The first-order chi connectivity index (χ1) is 12.3. The number of carbonyl (C=O) groups excluding carboxylic acids is 2. The number of esters is 1. The smallest absolute Gasteiger partial charge is 0.338 e. The number of amides is 1. The summed E-state index contributed by atoms with van der Waals surface area (Å²) in [7, 11) is 0. The molecule has 0 saturated carbocycles. The summed E-state index contributed by atoms with van der Waals surface area (Å²) in [5.41, 5.74) is 2.72. The predicted molar refractivity (Wildman–Crippen MR) is 105 cm³/mol. The fraction of sp³-hybridized carbons (Fsp3) is 0.263. The Morgan fingerprint density at radius 2 is 1.85 bits per heavy atom. The van der Waals surface area contributed by atoms with E-state index in [1.54, 1.807) is 37.3 Å². The lowest BCUT2D eigenvalue weighted by Gasteiger charge is -2.13. The summed E-state index contributed by atoms with van der Waals surface area (Å²) < 4.78 is 11.2. The summed E-state index contributed by atoms with van der Waals surface area (Å²) in [5.74, 6) is -0.157. The van der Waals surface area contributed by atoms with Crippen LogP contribution in [0.4, 0.5) is 5.69 Å². The molecule has 0 unspecified atom stereocenters. The normalized spacial score (nSPS) is 10.3. The molecule has 7 heteroatoms. The van der Waals surface area contributed by atoms with Crippen LogP contribution in [0.2, 0.25) is 5.02 Å². The second-order valence-corrected chi connectivity index (χ2v) is 6.75. The van der Waals surface area contributed by atoms with Gasteiger partial charge < -0.3 is 14.8 Å². The van der Waals surface area contributed by atoms with E-state index in [4.69, 9.17) is 21.1 Å². The van der Waals surface area contributed by atoms with Crippen molar-refractivity contribution in [1.82, 2.24) is 0 Å². The van der Waals surface area contributed by atoms with Crippen molar-refractivity contribution in [3.8, 4) is 5.75 Å². The van der Waals surface area contributed by atoms with Crippen LogP contribution < -0.4 is 10.1 Å². The summed E-state index contributed by atoms with van der Waals surface area (Å²) in [4.78, 5) is 23.7. The van der Waals surface area contributed by atoms with Gasteiger partial charge in [-0.05, 0) is 78.2 Å². The van der Waals surface area contributed by atoms with E-state index in [2.05, 4.69) is 21.2 Å². The molecule has 26 heavy (non-hydrogen) atoms. The first kappa shape index (κ1) is 20.3. The van der Waals surface area contributed by atoms with Gasteiger partial charge in [0, 0.05) is 10.7 Å². The highest BCUT2D eigenvalue weighted by molar-refractivity contribution is 9.10. The van der Waals surface area contributed by atoms with Crippen LogP contribution in [0.25, 0.3) is 0 Å². The molecular weight excluding hydrogens is 422 g/mol. The lowest BCUT2D eigenvalue weighted by molar-refractivity contribution is -0.118. The lowest BCUT2D eigenvalue weighted by Crippen LogP contribution is -2.20. The zero-order valence-corrected chi connectivity index (χ0v) is 17.0. The van der Waals surface area contributed by atoms with Crippen molar-refractivity contribution in [3.63, 3.8) is 0 Å². The van der Waals surface area contributed by atoms with E-state index in [0.29, 0.717) is 28.6 Å². The van der Waals surface area contributed by atoms with Gasteiger partial charge in [0.05, 0.1) is 16.6 Å². The zero-order chi connectivity index (χ0) is 19.3. The highest BCUT2D eigenvalue weighted by Gasteiger charge is 2.13. The largest absolute Gasteiger partial charge is 0.483 e. The Morgan fingerprint density at radius 1 is 1.19 bits per heavy atom. The fourth-order valence-electron chi connectivity index (χ4n) is 2.25. The molecule has 0 saturated heterocycles. The number of anilines is 1. The third-order valence-corrected chi connectivity index (χ3v) is 5.17. The number of hydrogen-bond donors (Lipinski definition) is 1. The maximum absolute atomic E-state index is 12.1. The molecule has 0 atom stereocenters. The average molecular weight is 441 g/mol. The van der Waals surface area contributed by atoms with E-state index in [9.17, 15) is 9.59 Å². The standard InChI is InChI=1S/C19H19BrClNO4/c1-4-25-19(24)13-5-7-14(8-6-13)22-16(23)10-26-15-9-11(2)18(21)12(3)17(15)20/h5-9H,4,10H2,1-3H3,(H,22,23). The van der Waals surface area contributed by atoms with E-state index in [0.717, 1.165) is 15.6 Å². The SMILES string of the molecule is CCOC(=O)c1ccc(NC(=O)COc2cc(C)c(Cl)c(C)c2Br)cc1. The summed E-state index contributed by atoms with van der Waals surface area (Å²) >= 11 is 9.61. The summed E-state index contributed by atoms with van der Waals surface area (Å²) in [6.07, 6.45) is 0. The quantitative estimate of drug-likeness (QED) is 0.648. The van der Waals surface area contributed by atoms with Crippen molar-refractivity contribution >= 4 is 45.1 Å². The third-order valence-electron chi connectivity index (χ3n) is 3.61. The Morgan fingerprint density at radius 3 is 2.46 bits per heavy atom. The van der Waals surface area contributed by atoms with Gasteiger partial charge >= 0.3 is 5.97 Å².